The number of hydrogen-bond acceptors (Lipinski definition) is 1. The largest absolute Gasteiger partial charge is 0.231 e. The van der Waals surface area contributed by atoms with Crippen LogP contribution in [0, 0.1) is 11.3 Å². The number of rotatable bonds is 3. The first-order chi connectivity index (χ1) is 3.81. The van der Waals surface area contributed by atoms with E-state index in [1.165, 1.54) is 6.07 Å². The number of halogens is 1. The summed E-state index contributed by atoms with van der Waals surface area (Å²) in [7, 11) is 0. The zero-order chi connectivity index (χ0) is 6.41. The molecule has 2 heteroatoms. The van der Waals surface area contributed by atoms with Gasteiger partial charge < -0.3 is 0 Å². The van der Waals surface area contributed by atoms with Crippen molar-refractivity contribution in [1.29, 1.82) is 5.26 Å². The van der Waals surface area contributed by atoms with E-state index in [4.69, 9.17) is 5.26 Å². The lowest BCUT2D eigenvalue weighted by molar-refractivity contribution is 0.377. The SMILES string of the molecule is CCCC[C@H](F)C#N. The van der Waals surface area contributed by atoms with E-state index in [2.05, 4.69) is 0 Å². The van der Waals surface area contributed by atoms with Crippen molar-refractivity contribution in [2.45, 2.75) is 32.4 Å². The highest BCUT2D eigenvalue weighted by Gasteiger charge is 1.99. The molecule has 0 aromatic heterocycles. The summed E-state index contributed by atoms with van der Waals surface area (Å²) in [6.07, 6.45) is 0.930. The second-order valence-electron chi connectivity index (χ2n) is 1.74. The summed E-state index contributed by atoms with van der Waals surface area (Å²) in [5.74, 6) is 0. The molecule has 0 saturated heterocycles. The molecule has 0 saturated carbocycles. The molecule has 0 aliphatic carbocycles. The molecule has 0 fully saturated rings. The molecule has 0 heterocycles. The molecule has 1 nitrogen and oxygen atoms in total. The Bertz CT molecular complexity index is 85.0. The Morgan fingerprint density at radius 3 is 2.75 bits per heavy atom. The van der Waals surface area contributed by atoms with Crippen molar-refractivity contribution in [2.24, 2.45) is 0 Å². The normalized spacial score (nSPS) is 12.6. The van der Waals surface area contributed by atoms with Gasteiger partial charge in [0.15, 0.2) is 6.17 Å². The lowest BCUT2D eigenvalue weighted by atomic mass is 10.2. The van der Waals surface area contributed by atoms with Crippen molar-refractivity contribution >= 4 is 0 Å². The predicted octanol–water partition coefficient (Wildman–Crippen LogP) is 2.04. The monoisotopic (exact) mass is 115 g/mol. The van der Waals surface area contributed by atoms with Gasteiger partial charge in [-0.2, -0.15) is 5.26 Å². The van der Waals surface area contributed by atoms with Crippen LogP contribution in [0.25, 0.3) is 0 Å². The number of alkyl halides is 1. The summed E-state index contributed by atoms with van der Waals surface area (Å²) in [5, 5.41) is 7.94. The highest BCUT2D eigenvalue weighted by Crippen LogP contribution is 2.01. The van der Waals surface area contributed by atoms with E-state index in [0.717, 1.165) is 12.8 Å². The van der Waals surface area contributed by atoms with Crippen LogP contribution in [-0.4, -0.2) is 6.17 Å². The minimum absolute atomic E-state index is 0.396. The Morgan fingerprint density at radius 2 is 2.38 bits per heavy atom. The molecule has 1 atom stereocenters. The molecular formula is C6H10FN. The Balaban J connectivity index is 3.02. The highest BCUT2D eigenvalue weighted by atomic mass is 19.1. The highest BCUT2D eigenvalue weighted by molar-refractivity contribution is 4.81. The Labute approximate surface area is 49.1 Å². The second-order valence-corrected chi connectivity index (χ2v) is 1.74. The molecule has 0 amide bonds. The first-order valence-corrected chi connectivity index (χ1v) is 2.85. The number of unbranched alkanes of at least 4 members (excludes halogenated alkanes) is 1. The fourth-order valence-corrected chi connectivity index (χ4v) is 0.448. The van der Waals surface area contributed by atoms with Gasteiger partial charge in [0.05, 0.1) is 6.07 Å². The molecule has 0 aromatic rings. The predicted molar refractivity (Wildman–Crippen MR) is 30.0 cm³/mol. The molecule has 0 spiro atoms. The molecule has 0 aliphatic heterocycles. The zero-order valence-corrected chi connectivity index (χ0v) is 5.02. The Morgan fingerprint density at radius 1 is 1.75 bits per heavy atom. The van der Waals surface area contributed by atoms with E-state index in [9.17, 15) is 4.39 Å². The summed E-state index contributed by atoms with van der Waals surface area (Å²) in [5.41, 5.74) is 0. The van der Waals surface area contributed by atoms with Crippen LogP contribution in [0.15, 0.2) is 0 Å². The van der Waals surface area contributed by atoms with E-state index in [1.807, 2.05) is 6.92 Å². The Kier molecular flexibility index (Phi) is 4.24. The van der Waals surface area contributed by atoms with Crippen LogP contribution < -0.4 is 0 Å². The van der Waals surface area contributed by atoms with E-state index in [0.29, 0.717) is 6.42 Å². The number of hydrogen-bond donors (Lipinski definition) is 0. The van der Waals surface area contributed by atoms with Crippen molar-refractivity contribution in [3.8, 4) is 6.07 Å². The van der Waals surface area contributed by atoms with E-state index in [1.54, 1.807) is 0 Å². The van der Waals surface area contributed by atoms with Crippen molar-refractivity contribution in [3.63, 3.8) is 0 Å². The molecule has 8 heavy (non-hydrogen) atoms. The molecule has 0 N–H and O–H groups in total. The molecule has 0 aromatic carbocycles. The van der Waals surface area contributed by atoms with Crippen LogP contribution in [0.5, 0.6) is 0 Å². The fourth-order valence-electron chi connectivity index (χ4n) is 0.448. The summed E-state index contributed by atoms with van der Waals surface area (Å²) in [4.78, 5) is 0. The van der Waals surface area contributed by atoms with Gasteiger partial charge in [0, 0.05) is 0 Å². The smallest absolute Gasteiger partial charge is 0.186 e. The number of nitriles is 1. The van der Waals surface area contributed by atoms with Gasteiger partial charge in [0.25, 0.3) is 0 Å². The van der Waals surface area contributed by atoms with Crippen molar-refractivity contribution in [2.75, 3.05) is 0 Å². The molecule has 0 bridgehead atoms. The van der Waals surface area contributed by atoms with Gasteiger partial charge in [-0.1, -0.05) is 13.3 Å². The summed E-state index contributed by atoms with van der Waals surface area (Å²) >= 11 is 0. The second kappa shape index (κ2) is 4.58. The lowest BCUT2D eigenvalue weighted by Gasteiger charge is -1.92. The Hall–Kier alpha value is -0.580. The third-order valence-corrected chi connectivity index (χ3v) is 0.951. The minimum atomic E-state index is -1.24. The summed E-state index contributed by atoms with van der Waals surface area (Å²) < 4.78 is 12.0. The van der Waals surface area contributed by atoms with Crippen LogP contribution in [-0.2, 0) is 0 Å². The van der Waals surface area contributed by atoms with Crippen LogP contribution in [0.3, 0.4) is 0 Å². The quantitative estimate of drug-likeness (QED) is 0.552. The van der Waals surface area contributed by atoms with Gasteiger partial charge in [-0.15, -0.1) is 0 Å². The number of nitrogens with zero attached hydrogens (tertiary/aromatic N) is 1. The average molecular weight is 115 g/mol. The first-order valence-electron chi connectivity index (χ1n) is 2.85. The van der Waals surface area contributed by atoms with Gasteiger partial charge in [0.2, 0.25) is 0 Å². The molecular weight excluding hydrogens is 105 g/mol. The van der Waals surface area contributed by atoms with Crippen molar-refractivity contribution in [3.05, 3.63) is 0 Å². The maximum Gasteiger partial charge on any atom is 0.186 e. The van der Waals surface area contributed by atoms with Gasteiger partial charge in [-0.25, -0.2) is 4.39 Å². The van der Waals surface area contributed by atoms with Crippen LogP contribution in [0.2, 0.25) is 0 Å². The van der Waals surface area contributed by atoms with Gasteiger partial charge >= 0.3 is 0 Å². The standard InChI is InChI=1S/C6H10FN/c1-2-3-4-6(7)5-8/h6H,2-4H2,1H3/t6-/m0/s1. The zero-order valence-electron chi connectivity index (χ0n) is 5.02. The van der Waals surface area contributed by atoms with Crippen LogP contribution >= 0.6 is 0 Å². The van der Waals surface area contributed by atoms with Crippen molar-refractivity contribution < 1.29 is 4.39 Å². The molecule has 0 aliphatic rings. The molecule has 0 rings (SSSR count). The van der Waals surface area contributed by atoms with Crippen molar-refractivity contribution in [1.82, 2.24) is 0 Å². The third kappa shape index (κ3) is 3.60. The van der Waals surface area contributed by atoms with Gasteiger partial charge in [0.1, 0.15) is 0 Å². The van der Waals surface area contributed by atoms with Gasteiger partial charge in [-0.3, -0.25) is 0 Å². The molecule has 0 radical (unpaired) electrons. The minimum Gasteiger partial charge on any atom is -0.231 e. The third-order valence-electron chi connectivity index (χ3n) is 0.951. The van der Waals surface area contributed by atoms with E-state index in [-0.39, 0.29) is 0 Å². The van der Waals surface area contributed by atoms with E-state index < -0.39 is 6.17 Å². The maximum absolute atomic E-state index is 12.0. The maximum atomic E-state index is 12.0. The van der Waals surface area contributed by atoms with E-state index >= 15 is 0 Å². The topological polar surface area (TPSA) is 23.8 Å². The molecule has 46 valence electrons. The first kappa shape index (κ1) is 7.42. The van der Waals surface area contributed by atoms with Crippen LogP contribution in [0.1, 0.15) is 26.2 Å². The fraction of sp³-hybridized carbons (Fsp3) is 0.833. The average Bonchev–Trinajstić information content (AvgIpc) is 1.83. The molecule has 0 unspecified atom stereocenters. The summed E-state index contributed by atoms with van der Waals surface area (Å²) in [6.45, 7) is 1.98. The van der Waals surface area contributed by atoms with Gasteiger partial charge in [-0.05, 0) is 12.8 Å². The van der Waals surface area contributed by atoms with Crippen LogP contribution in [0.4, 0.5) is 4.39 Å². The lowest BCUT2D eigenvalue weighted by Crippen LogP contribution is -1.93. The summed E-state index contributed by atoms with van der Waals surface area (Å²) in [6, 6.07) is 1.53.